The summed E-state index contributed by atoms with van der Waals surface area (Å²) in [5.74, 6) is -3.58. The number of carbonyl (C=O) groups excluding carboxylic acids is 6. The van der Waals surface area contributed by atoms with Crippen molar-refractivity contribution in [1.82, 2.24) is 45.5 Å². The zero-order valence-corrected chi connectivity index (χ0v) is 39.7. The number of carbonyl (C=O) groups is 6. The van der Waals surface area contributed by atoms with Crippen LogP contribution in [0.4, 0.5) is 26.7 Å². The van der Waals surface area contributed by atoms with Gasteiger partial charge in [0, 0.05) is 78.1 Å². The highest BCUT2D eigenvalue weighted by Gasteiger charge is 2.61. The number of non-ortho nitro benzene ring substituents is 3. The number of nitro groups is 3. The van der Waals surface area contributed by atoms with Gasteiger partial charge in [0.05, 0.1) is 32.8 Å². The summed E-state index contributed by atoms with van der Waals surface area (Å²) in [5, 5.41) is 49.2. The zero-order valence-electron chi connectivity index (χ0n) is 38.9. The Kier molecular flexibility index (Phi) is 15.2. The van der Waals surface area contributed by atoms with E-state index in [0.29, 0.717) is 28.0 Å². The number of hydrogen-bond donors (Lipinski definition) is 2. The molecule has 2 N–H and O–H groups in total. The Labute approximate surface area is 417 Å². The molecule has 3 aromatic carbocycles. The van der Waals surface area contributed by atoms with Crippen LogP contribution >= 0.6 is 11.8 Å². The van der Waals surface area contributed by atoms with Gasteiger partial charge < -0.3 is 34.6 Å². The summed E-state index contributed by atoms with van der Waals surface area (Å²) in [6, 6.07) is 13.3. The molecule has 3 fully saturated rings. The first-order valence-electron chi connectivity index (χ1n) is 22.7. The molecule has 382 valence electrons. The molecule has 5 amide bonds. The Morgan fingerprint density at radius 3 is 1.92 bits per heavy atom. The lowest BCUT2D eigenvalue weighted by Crippen LogP contribution is -2.66. The summed E-state index contributed by atoms with van der Waals surface area (Å²) in [7, 11) is 0. The van der Waals surface area contributed by atoms with Gasteiger partial charge in [-0.1, -0.05) is 6.92 Å². The van der Waals surface area contributed by atoms with Crippen LogP contribution in [-0.2, 0) is 59.8 Å². The molecule has 0 aliphatic carbocycles. The third-order valence-corrected chi connectivity index (χ3v) is 14.3. The third-order valence-electron chi connectivity index (χ3n) is 12.8. The van der Waals surface area contributed by atoms with Crippen LogP contribution in [0.25, 0.3) is 0 Å². The van der Waals surface area contributed by atoms with Gasteiger partial charge in [-0.25, -0.2) is 19.1 Å². The third kappa shape index (κ3) is 11.5. The van der Waals surface area contributed by atoms with Gasteiger partial charge in [0.2, 0.25) is 17.7 Å². The Balaban J connectivity index is 0.996. The monoisotopic (exact) mass is 1030 g/mol. The molecule has 73 heavy (non-hydrogen) atoms. The van der Waals surface area contributed by atoms with Crippen molar-refractivity contribution in [2.24, 2.45) is 11.8 Å². The number of fused-ring (bicyclic) bond motifs is 1. The number of likely N-dealkylation sites (tertiary alicyclic amines) is 2. The number of nitrogens with one attached hydrogen (secondary N) is 2. The second kappa shape index (κ2) is 21.8. The molecule has 7 atom stereocenters. The number of aromatic nitrogens is 4. The van der Waals surface area contributed by atoms with E-state index in [0.717, 1.165) is 0 Å². The van der Waals surface area contributed by atoms with Gasteiger partial charge in [-0.3, -0.25) is 49.6 Å². The van der Waals surface area contributed by atoms with E-state index in [1.54, 1.807) is 6.92 Å². The first-order chi connectivity index (χ1) is 34.9. The predicted molar refractivity (Wildman–Crippen MR) is 250 cm³/mol. The van der Waals surface area contributed by atoms with Crippen LogP contribution in [0.3, 0.4) is 0 Å². The largest absolute Gasteiger partial charge is 0.456 e. The maximum absolute atomic E-state index is 14.5. The molecule has 0 radical (unpaired) electrons. The molecular formula is C45H46N12O15S. The molecule has 27 nitrogen and oxygen atoms in total. The van der Waals surface area contributed by atoms with E-state index in [1.807, 2.05) is 6.92 Å². The number of tetrazole rings is 1. The average Bonchev–Trinajstić information content (AvgIpc) is 4.19. The van der Waals surface area contributed by atoms with Crippen molar-refractivity contribution in [2.45, 2.75) is 82.5 Å². The molecule has 1 unspecified atom stereocenters. The van der Waals surface area contributed by atoms with Crippen LogP contribution in [0, 0.1) is 42.2 Å². The highest BCUT2D eigenvalue weighted by Crippen LogP contribution is 2.52. The van der Waals surface area contributed by atoms with Crippen molar-refractivity contribution in [3.63, 3.8) is 0 Å². The topological polar surface area (TPSA) is 337 Å². The summed E-state index contributed by atoms with van der Waals surface area (Å²) in [4.78, 5) is 119. The van der Waals surface area contributed by atoms with E-state index in [-0.39, 0.29) is 75.2 Å². The zero-order chi connectivity index (χ0) is 52.1. The number of nitro benzene ring substituents is 3. The van der Waals surface area contributed by atoms with Crippen LogP contribution in [-0.4, -0.2) is 135 Å². The minimum absolute atomic E-state index is 0.0506. The number of benzene rings is 3. The summed E-state index contributed by atoms with van der Waals surface area (Å²) in [5.41, 5.74) is 0.865. The first-order valence-corrected chi connectivity index (χ1v) is 23.6. The number of nitrogens with zero attached hydrogens (tertiary/aromatic N) is 10. The molecule has 4 aliphatic rings. The number of alkyl carbamates (subject to hydrolysis) is 1. The van der Waals surface area contributed by atoms with E-state index in [4.69, 9.17) is 14.2 Å². The quantitative estimate of drug-likeness (QED) is 0.0474. The van der Waals surface area contributed by atoms with Crippen LogP contribution in [0.2, 0.25) is 0 Å². The number of thioether (sulfide) groups is 1. The van der Waals surface area contributed by atoms with Crippen LogP contribution in [0.1, 0.15) is 43.4 Å². The fraction of sp³-hybridized carbons (Fsp3) is 0.400. The summed E-state index contributed by atoms with van der Waals surface area (Å²) >= 11 is 1.19. The second-order valence-electron chi connectivity index (χ2n) is 17.6. The molecule has 8 rings (SSSR count). The molecule has 3 saturated heterocycles. The van der Waals surface area contributed by atoms with Crippen LogP contribution < -0.4 is 10.6 Å². The van der Waals surface area contributed by atoms with Gasteiger partial charge in [-0.05, 0) is 83.3 Å². The Morgan fingerprint density at radius 2 is 1.37 bits per heavy atom. The average molecular weight is 1030 g/mol. The number of hydrogen-bond acceptors (Lipinski definition) is 19. The Hall–Kier alpha value is -8.56. The van der Waals surface area contributed by atoms with Gasteiger partial charge in [-0.2, -0.15) is 0 Å². The smallest absolute Gasteiger partial charge is 0.410 e. The van der Waals surface area contributed by atoms with Crippen molar-refractivity contribution < 1.29 is 57.7 Å². The minimum Gasteiger partial charge on any atom is -0.456 e. The highest BCUT2D eigenvalue weighted by molar-refractivity contribution is 8.03. The molecule has 5 heterocycles. The van der Waals surface area contributed by atoms with Gasteiger partial charge in [-0.15, -0.1) is 16.9 Å². The van der Waals surface area contributed by atoms with Gasteiger partial charge in [0.25, 0.3) is 17.1 Å². The molecule has 4 aliphatic heterocycles. The van der Waals surface area contributed by atoms with Gasteiger partial charge in [0.15, 0.2) is 0 Å². The minimum atomic E-state index is -1.11. The Morgan fingerprint density at radius 1 is 0.808 bits per heavy atom. The highest BCUT2D eigenvalue weighted by atomic mass is 32.2. The van der Waals surface area contributed by atoms with E-state index >= 15 is 0 Å². The van der Waals surface area contributed by atoms with Crippen LogP contribution in [0.15, 0.2) is 89.7 Å². The maximum Gasteiger partial charge on any atom is 0.410 e. The SMILES string of the molecule is C[C@@H](NC(=O)Cn1cnnn1)[C@H]1C(=O)N2C(C(=O)OCc3ccc([N+](=O)[O-])cc3)=C(S[C@H]3C[C@@H](C(=O)N4CCC(NC(=O)OCc5ccc([N+](=O)[O-])cc5)C4)N(C(=O)OCc4ccc([N+](=O)[O-])cc4)C3)[C@H](C)[C@H]12. The first kappa shape index (κ1) is 50.8. The molecule has 0 saturated carbocycles. The normalized spacial score (nSPS) is 21.5. The molecule has 0 spiro atoms. The van der Waals surface area contributed by atoms with E-state index in [9.17, 15) is 59.1 Å². The number of esters is 1. The van der Waals surface area contributed by atoms with Crippen molar-refractivity contribution >= 4 is 64.7 Å². The lowest BCUT2D eigenvalue weighted by Gasteiger charge is -2.47. The molecule has 0 bridgehead atoms. The molecular weight excluding hydrogens is 981 g/mol. The van der Waals surface area contributed by atoms with Crippen LogP contribution in [0.5, 0.6) is 0 Å². The number of ether oxygens (including phenoxy) is 3. The summed E-state index contributed by atoms with van der Waals surface area (Å²) < 4.78 is 17.9. The number of β-lactam (4-membered cyclic amide) rings is 1. The van der Waals surface area contributed by atoms with Crippen molar-refractivity contribution in [3.8, 4) is 0 Å². The van der Waals surface area contributed by atoms with E-state index in [2.05, 4.69) is 26.2 Å². The van der Waals surface area contributed by atoms with E-state index in [1.165, 1.54) is 110 Å². The second-order valence-corrected chi connectivity index (χ2v) is 19.0. The standard InChI is InChI=1S/C45H46N12O15S/c1-25-38-37(26(2)47-36(58)20-52-24-46-49-50-52)42(60)54(38)39(43(61)70-21-27-3-9-31(10-4-27)55(64)65)40(25)73-34-17-35(53(19-34)45(63)72-23-29-7-13-33(14-8-29)57(68)69)41(59)51-16-15-30(18-51)48-44(62)71-22-28-5-11-32(12-6-28)56(66)67/h3-14,24-26,30,34-35,37-38H,15-23H2,1-2H3,(H,47,58)(H,48,62)/t25-,26-,30?,34+,35+,37-,38-/m1/s1. The number of rotatable bonds is 18. The number of amides is 5. The predicted octanol–water partition coefficient (Wildman–Crippen LogP) is 3.37. The lowest BCUT2D eigenvalue weighted by atomic mass is 9.78. The van der Waals surface area contributed by atoms with Crippen molar-refractivity contribution in [1.29, 1.82) is 0 Å². The van der Waals surface area contributed by atoms with Crippen molar-refractivity contribution in [3.05, 3.63) is 137 Å². The Bertz CT molecular complexity index is 2830. The van der Waals surface area contributed by atoms with E-state index < -0.39 is 91.9 Å². The summed E-state index contributed by atoms with van der Waals surface area (Å²) in [6.07, 6.45) is 0.00129. The van der Waals surface area contributed by atoms with Gasteiger partial charge in [0.1, 0.15) is 44.4 Å². The van der Waals surface area contributed by atoms with Gasteiger partial charge >= 0.3 is 18.2 Å². The maximum atomic E-state index is 14.5. The molecule has 28 heteroatoms. The fourth-order valence-electron chi connectivity index (χ4n) is 9.21. The summed E-state index contributed by atoms with van der Waals surface area (Å²) in [6.45, 7) is 2.68. The fourth-order valence-corrected chi connectivity index (χ4v) is 10.7. The lowest BCUT2D eigenvalue weighted by molar-refractivity contribution is -0.385. The molecule has 4 aromatic rings. The van der Waals surface area contributed by atoms with Crippen molar-refractivity contribution in [2.75, 3.05) is 19.6 Å². The molecule has 1 aromatic heterocycles.